The van der Waals surface area contributed by atoms with Gasteiger partial charge in [-0.05, 0) is 55.8 Å². The molecule has 0 aromatic heterocycles. The fourth-order valence-corrected chi connectivity index (χ4v) is 5.40. The summed E-state index contributed by atoms with van der Waals surface area (Å²) in [5.74, 6) is 0. The van der Waals surface area contributed by atoms with Gasteiger partial charge >= 0.3 is 9.28 Å². The van der Waals surface area contributed by atoms with Crippen LogP contribution in [0.5, 0.6) is 0 Å². The third-order valence-electron chi connectivity index (χ3n) is 4.79. The molecule has 1 radical (unpaired) electrons. The Morgan fingerprint density at radius 1 is 0.920 bits per heavy atom. The number of rotatable bonds is 8. The van der Waals surface area contributed by atoms with E-state index in [1.54, 1.807) is 0 Å². The van der Waals surface area contributed by atoms with Crippen molar-refractivity contribution >= 4 is 9.28 Å². The van der Waals surface area contributed by atoms with E-state index in [1.165, 1.54) is 17.5 Å². The van der Waals surface area contributed by atoms with Crippen LogP contribution in [0.25, 0.3) is 0 Å². The Morgan fingerprint density at radius 3 is 2.08 bits per heavy atom. The zero-order chi connectivity index (χ0) is 17.4. The topological polar surface area (TPSA) is 44.5 Å². The zero-order valence-electron chi connectivity index (χ0n) is 14.8. The molecule has 3 rings (SSSR count). The first kappa shape index (κ1) is 18.3. The Balaban J connectivity index is 1.99. The van der Waals surface area contributed by atoms with Crippen molar-refractivity contribution in [3.8, 4) is 0 Å². The molecule has 2 N–H and O–H groups in total. The number of hydrogen-bond donors (Lipinski definition) is 1. The van der Waals surface area contributed by atoms with Gasteiger partial charge in [0.15, 0.2) is 0 Å². The van der Waals surface area contributed by atoms with Crippen molar-refractivity contribution in [1.82, 2.24) is 0 Å². The summed E-state index contributed by atoms with van der Waals surface area (Å²) in [6, 6.07) is 22.3. The van der Waals surface area contributed by atoms with Crippen LogP contribution in [0.1, 0.15) is 43.2 Å². The van der Waals surface area contributed by atoms with E-state index >= 15 is 0 Å². The van der Waals surface area contributed by atoms with E-state index in [1.807, 2.05) is 0 Å². The van der Waals surface area contributed by atoms with Gasteiger partial charge in [-0.25, -0.2) is 0 Å². The monoisotopic (exact) mass is 354 g/mol. The Bertz CT molecular complexity index is 575. The summed E-state index contributed by atoms with van der Waals surface area (Å²) in [5, 5.41) is 0. The van der Waals surface area contributed by atoms with Crippen molar-refractivity contribution in [3.63, 3.8) is 0 Å². The highest BCUT2D eigenvalue weighted by Crippen LogP contribution is 2.40. The summed E-state index contributed by atoms with van der Waals surface area (Å²) in [6.45, 7) is 1.55. The van der Waals surface area contributed by atoms with Gasteiger partial charge in [-0.15, -0.1) is 0 Å². The molecule has 0 saturated carbocycles. The Morgan fingerprint density at radius 2 is 1.56 bits per heavy atom. The maximum atomic E-state index is 6.84. The van der Waals surface area contributed by atoms with Crippen molar-refractivity contribution in [3.05, 3.63) is 71.8 Å². The van der Waals surface area contributed by atoms with E-state index in [0.29, 0.717) is 6.54 Å². The van der Waals surface area contributed by atoms with Gasteiger partial charge in [0.25, 0.3) is 0 Å². The second-order valence-corrected chi connectivity index (χ2v) is 8.32. The highest BCUT2D eigenvalue weighted by Gasteiger charge is 2.39. The number of benzene rings is 2. The zero-order valence-corrected chi connectivity index (χ0v) is 15.8. The Labute approximate surface area is 153 Å². The molecule has 25 heavy (non-hydrogen) atoms. The van der Waals surface area contributed by atoms with Gasteiger partial charge in [0.1, 0.15) is 5.60 Å². The summed E-state index contributed by atoms with van der Waals surface area (Å²) in [7, 11) is -1.27. The molecule has 1 aliphatic heterocycles. The average molecular weight is 355 g/mol. The summed E-state index contributed by atoms with van der Waals surface area (Å²) in [4.78, 5) is 0. The van der Waals surface area contributed by atoms with Crippen LogP contribution in [-0.4, -0.2) is 22.4 Å². The molecule has 0 bridgehead atoms. The fourth-order valence-electron chi connectivity index (χ4n) is 3.46. The molecule has 1 fully saturated rings. The maximum absolute atomic E-state index is 6.84. The lowest BCUT2D eigenvalue weighted by molar-refractivity contribution is 0.0499. The SMILES string of the molecule is NCCCCC(O[Si]1CCCCO1)(c1ccccc1)c1ccccc1. The summed E-state index contributed by atoms with van der Waals surface area (Å²) in [6.07, 6.45) is 5.32. The molecule has 4 heteroatoms. The maximum Gasteiger partial charge on any atom is 0.385 e. The second-order valence-electron chi connectivity index (χ2n) is 6.58. The standard InChI is InChI=1S/C21H28NO2Si/c22-16-8-7-15-21(19-11-3-1-4-12-19,20-13-5-2-6-14-20)24-25-18-10-9-17-23-25/h1-6,11-14H,7-10,15-18,22H2. The minimum atomic E-state index is -1.27. The van der Waals surface area contributed by atoms with Gasteiger partial charge in [0.05, 0.1) is 0 Å². The smallest absolute Gasteiger partial charge is 0.385 e. The number of nitrogens with two attached hydrogens (primary N) is 1. The lowest BCUT2D eigenvalue weighted by Gasteiger charge is -2.38. The molecule has 0 amide bonds. The van der Waals surface area contributed by atoms with Gasteiger partial charge in [-0.2, -0.15) is 0 Å². The molecule has 0 aliphatic carbocycles. The first-order valence-electron chi connectivity index (χ1n) is 9.34. The first-order chi connectivity index (χ1) is 12.3. The summed E-state index contributed by atoms with van der Waals surface area (Å²) < 4.78 is 12.9. The molecular formula is C21H28NO2Si. The normalized spacial score (nSPS) is 16.0. The molecule has 1 heterocycles. The molecule has 0 atom stereocenters. The van der Waals surface area contributed by atoms with Gasteiger partial charge in [-0.1, -0.05) is 60.7 Å². The molecular weight excluding hydrogens is 326 g/mol. The summed E-state index contributed by atoms with van der Waals surface area (Å²) in [5.41, 5.74) is 7.74. The van der Waals surface area contributed by atoms with Crippen LogP contribution in [0.4, 0.5) is 0 Å². The molecule has 1 aliphatic rings. The van der Waals surface area contributed by atoms with Crippen LogP contribution in [0, 0.1) is 0 Å². The van der Waals surface area contributed by atoms with Crippen LogP contribution in [-0.2, 0) is 14.5 Å². The molecule has 3 nitrogen and oxygen atoms in total. The largest absolute Gasteiger partial charge is 0.393 e. The number of hydrogen-bond acceptors (Lipinski definition) is 3. The van der Waals surface area contributed by atoms with Crippen molar-refractivity contribution in [2.45, 2.75) is 43.7 Å². The van der Waals surface area contributed by atoms with Crippen LogP contribution in [0.2, 0.25) is 6.04 Å². The van der Waals surface area contributed by atoms with Crippen LogP contribution < -0.4 is 5.73 Å². The summed E-state index contributed by atoms with van der Waals surface area (Å²) >= 11 is 0. The van der Waals surface area contributed by atoms with E-state index < -0.39 is 14.9 Å². The molecule has 0 unspecified atom stereocenters. The van der Waals surface area contributed by atoms with Crippen molar-refractivity contribution in [1.29, 1.82) is 0 Å². The first-order valence-corrected chi connectivity index (χ1v) is 10.9. The minimum Gasteiger partial charge on any atom is -0.393 e. The van der Waals surface area contributed by atoms with Crippen LogP contribution >= 0.6 is 0 Å². The highest BCUT2D eigenvalue weighted by molar-refractivity contribution is 6.44. The van der Waals surface area contributed by atoms with E-state index in [9.17, 15) is 0 Å². The third-order valence-corrected chi connectivity index (χ3v) is 6.65. The molecule has 1 saturated heterocycles. The molecule has 133 valence electrons. The van der Waals surface area contributed by atoms with E-state index in [0.717, 1.165) is 38.3 Å². The molecule has 0 spiro atoms. The Hall–Kier alpha value is -1.46. The quantitative estimate of drug-likeness (QED) is 0.565. The third kappa shape index (κ3) is 4.58. The fraction of sp³-hybridized carbons (Fsp3) is 0.429. The minimum absolute atomic E-state index is 0.441. The van der Waals surface area contributed by atoms with E-state index in [-0.39, 0.29) is 0 Å². The van der Waals surface area contributed by atoms with E-state index in [4.69, 9.17) is 14.6 Å². The van der Waals surface area contributed by atoms with Gasteiger partial charge < -0.3 is 14.6 Å². The number of unbranched alkanes of at least 4 members (excludes halogenated alkanes) is 1. The van der Waals surface area contributed by atoms with Crippen molar-refractivity contribution in [2.75, 3.05) is 13.2 Å². The average Bonchev–Trinajstić information content (AvgIpc) is 2.69. The lowest BCUT2D eigenvalue weighted by Crippen LogP contribution is -2.40. The lowest BCUT2D eigenvalue weighted by atomic mass is 9.82. The molecule has 2 aromatic rings. The predicted molar refractivity (Wildman–Crippen MR) is 103 cm³/mol. The van der Waals surface area contributed by atoms with E-state index in [2.05, 4.69) is 60.7 Å². The van der Waals surface area contributed by atoms with Crippen molar-refractivity contribution < 1.29 is 8.85 Å². The Kier molecular flexibility index (Phi) is 6.82. The van der Waals surface area contributed by atoms with Crippen LogP contribution in [0.3, 0.4) is 0 Å². The van der Waals surface area contributed by atoms with Gasteiger partial charge in [-0.3, -0.25) is 0 Å². The molecule has 2 aromatic carbocycles. The van der Waals surface area contributed by atoms with Crippen molar-refractivity contribution in [2.24, 2.45) is 5.73 Å². The predicted octanol–water partition coefficient (Wildman–Crippen LogP) is 4.37. The highest BCUT2D eigenvalue weighted by atomic mass is 28.3. The van der Waals surface area contributed by atoms with Gasteiger partial charge in [0.2, 0.25) is 0 Å². The van der Waals surface area contributed by atoms with Gasteiger partial charge in [0, 0.05) is 6.61 Å². The van der Waals surface area contributed by atoms with Crippen LogP contribution in [0.15, 0.2) is 60.7 Å². The second kappa shape index (κ2) is 9.29.